The van der Waals surface area contributed by atoms with Gasteiger partial charge in [-0.3, -0.25) is 4.99 Å². The molecule has 0 saturated carbocycles. The minimum atomic E-state index is -4.43. The molecule has 0 aromatic heterocycles. The third-order valence-corrected chi connectivity index (χ3v) is 4.39. The van der Waals surface area contributed by atoms with Gasteiger partial charge in [-0.25, -0.2) is 4.39 Å². The van der Waals surface area contributed by atoms with E-state index in [0.717, 1.165) is 0 Å². The lowest BCUT2D eigenvalue weighted by atomic mass is 9.89. The maximum atomic E-state index is 14.5. The van der Waals surface area contributed by atoms with E-state index < -0.39 is 24.1 Å². The third kappa shape index (κ3) is 5.83. The quantitative estimate of drug-likeness (QED) is 0.713. The van der Waals surface area contributed by atoms with Gasteiger partial charge in [0, 0.05) is 12.0 Å². The number of ether oxygens (including phenoxy) is 2. The number of benzene rings is 2. The fraction of sp³-hybridized carbons (Fsp3) is 0.350. The van der Waals surface area contributed by atoms with Crippen LogP contribution in [0.25, 0.3) is 0 Å². The summed E-state index contributed by atoms with van der Waals surface area (Å²) < 4.78 is 62.2. The highest BCUT2D eigenvalue weighted by Gasteiger charge is 2.33. The zero-order valence-corrected chi connectivity index (χ0v) is 16.4. The average Bonchev–Trinajstić information content (AvgIpc) is 2.61. The lowest BCUT2D eigenvalue weighted by molar-refractivity contribution is -0.153. The zero-order chi connectivity index (χ0) is 20.4. The first-order valence-electron chi connectivity index (χ1n) is 8.65. The Hall–Kier alpha value is -2.32. The predicted molar refractivity (Wildman–Crippen MR) is 104 cm³/mol. The largest absolute Gasteiger partial charge is 0.484 e. The molecule has 1 atom stereocenters. The SMILES string of the molecule is C[C@@]1(c2cc(Cc3ccccc3OCC(F)(F)F)ccc2F)COCC(N)=N1.Cl. The van der Waals surface area contributed by atoms with Crippen molar-refractivity contribution >= 4 is 18.2 Å². The number of rotatable bonds is 5. The van der Waals surface area contributed by atoms with Crippen molar-refractivity contribution < 1.29 is 27.0 Å². The van der Waals surface area contributed by atoms with Crippen molar-refractivity contribution in [1.82, 2.24) is 0 Å². The van der Waals surface area contributed by atoms with Crippen LogP contribution in [0.1, 0.15) is 23.6 Å². The minimum Gasteiger partial charge on any atom is -0.484 e. The van der Waals surface area contributed by atoms with Gasteiger partial charge in [-0.05, 0) is 30.2 Å². The molecule has 29 heavy (non-hydrogen) atoms. The Morgan fingerprint density at radius 2 is 1.93 bits per heavy atom. The van der Waals surface area contributed by atoms with E-state index in [-0.39, 0.29) is 43.6 Å². The van der Waals surface area contributed by atoms with Crippen LogP contribution in [-0.2, 0) is 16.7 Å². The van der Waals surface area contributed by atoms with E-state index >= 15 is 0 Å². The normalized spacial score (nSPS) is 19.3. The van der Waals surface area contributed by atoms with E-state index in [9.17, 15) is 17.6 Å². The molecule has 158 valence electrons. The molecule has 2 aromatic rings. The van der Waals surface area contributed by atoms with Crippen LogP contribution < -0.4 is 10.5 Å². The molecule has 9 heteroatoms. The maximum absolute atomic E-state index is 14.5. The summed E-state index contributed by atoms with van der Waals surface area (Å²) in [4.78, 5) is 4.35. The molecule has 0 bridgehead atoms. The molecule has 1 aliphatic heterocycles. The van der Waals surface area contributed by atoms with Gasteiger partial charge in [-0.15, -0.1) is 12.4 Å². The molecular weight excluding hydrogens is 412 g/mol. The second-order valence-electron chi connectivity index (χ2n) is 6.87. The van der Waals surface area contributed by atoms with Crippen molar-refractivity contribution in [3.8, 4) is 5.75 Å². The Morgan fingerprint density at radius 1 is 1.21 bits per heavy atom. The summed E-state index contributed by atoms with van der Waals surface area (Å²) in [5.41, 5.74) is 6.37. The number of para-hydroxylation sites is 1. The van der Waals surface area contributed by atoms with Gasteiger partial charge in [0.2, 0.25) is 0 Å². The Bertz CT molecular complexity index is 889. The number of halogens is 5. The van der Waals surface area contributed by atoms with Gasteiger partial charge < -0.3 is 15.2 Å². The zero-order valence-electron chi connectivity index (χ0n) is 15.6. The third-order valence-electron chi connectivity index (χ3n) is 4.39. The molecule has 0 unspecified atom stereocenters. The highest BCUT2D eigenvalue weighted by Crippen LogP contribution is 2.32. The number of nitrogens with two attached hydrogens (primary N) is 1. The molecule has 1 aliphatic rings. The van der Waals surface area contributed by atoms with Crippen LogP contribution in [0.4, 0.5) is 17.6 Å². The molecule has 0 radical (unpaired) electrons. The van der Waals surface area contributed by atoms with Gasteiger partial charge in [0.25, 0.3) is 0 Å². The van der Waals surface area contributed by atoms with Gasteiger partial charge >= 0.3 is 6.18 Å². The molecule has 0 fully saturated rings. The maximum Gasteiger partial charge on any atom is 0.422 e. The first kappa shape index (κ1) is 23.0. The van der Waals surface area contributed by atoms with Crippen LogP contribution in [0.15, 0.2) is 47.5 Å². The highest BCUT2D eigenvalue weighted by molar-refractivity contribution is 5.85. The monoisotopic (exact) mass is 432 g/mol. The van der Waals surface area contributed by atoms with Crippen LogP contribution in [0, 0.1) is 5.82 Å². The summed E-state index contributed by atoms with van der Waals surface area (Å²) in [6.45, 7) is 0.726. The number of aliphatic imine (C=N–C) groups is 1. The number of amidine groups is 1. The molecule has 2 N–H and O–H groups in total. The van der Waals surface area contributed by atoms with Crippen molar-refractivity contribution in [2.24, 2.45) is 10.7 Å². The molecule has 0 aliphatic carbocycles. The summed E-state index contributed by atoms with van der Waals surface area (Å²) in [5.74, 6) is -0.0282. The number of hydrogen-bond acceptors (Lipinski definition) is 4. The Kier molecular flexibility index (Phi) is 7.13. The fourth-order valence-corrected chi connectivity index (χ4v) is 3.14. The van der Waals surface area contributed by atoms with Crippen LogP contribution in [0.3, 0.4) is 0 Å². The Balaban J connectivity index is 0.00000300. The second-order valence-corrected chi connectivity index (χ2v) is 6.87. The highest BCUT2D eigenvalue weighted by atomic mass is 35.5. The molecule has 3 rings (SSSR count). The first-order valence-corrected chi connectivity index (χ1v) is 8.65. The van der Waals surface area contributed by atoms with Crippen molar-refractivity contribution in [3.05, 3.63) is 65.0 Å². The van der Waals surface area contributed by atoms with Crippen LogP contribution in [0.2, 0.25) is 0 Å². The van der Waals surface area contributed by atoms with Crippen LogP contribution >= 0.6 is 12.4 Å². The van der Waals surface area contributed by atoms with Crippen molar-refractivity contribution in [1.29, 1.82) is 0 Å². The lowest BCUT2D eigenvalue weighted by Crippen LogP contribution is -2.38. The van der Waals surface area contributed by atoms with E-state index in [2.05, 4.69) is 4.99 Å². The van der Waals surface area contributed by atoms with Crippen LogP contribution in [0.5, 0.6) is 5.75 Å². The van der Waals surface area contributed by atoms with Crippen molar-refractivity contribution in [3.63, 3.8) is 0 Å². The summed E-state index contributed by atoms with van der Waals surface area (Å²) in [6, 6.07) is 11.0. The minimum absolute atomic E-state index is 0. The van der Waals surface area contributed by atoms with Crippen molar-refractivity contribution in [2.75, 3.05) is 19.8 Å². The molecule has 0 saturated heterocycles. The predicted octanol–water partition coefficient (Wildman–Crippen LogP) is 4.38. The number of nitrogens with zero attached hydrogens (tertiary/aromatic N) is 1. The first-order chi connectivity index (χ1) is 13.2. The van der Waals surface area contributed by atoms with Gasteiger partial charge in [0.15, 0.2) is 6.61 Å². The Morgan fingerprint density at radius 3 is 2.62 bits per heavy atom. The number of hydrogen-bond donors (Lipinski definition) is 1. The van der Waals surface area contributed by atoms with Gasteiger partial charge in [-0.2, -0.15) is 13.2 Å². The topological polar surface area (TPSA) is 56.8 Å². The van der Waals surface area contributed by atoms with Crippen LogP contribution in [-0.4, -0.2) is 31.8 Å². The molecule has 4 nitrogen and oxygen atoms in total. The number of alkyl halides is 3. The fourth-order valence-electron chi connectivity index (χ4n) is 3.14. The second kappa shape index (κ2) is 9.00. The molecule has 0 amide bonds. The molecule has 2 aromatic carbocycles. The summed E-state index contributed by atoms with van der Waals surface area (Å²) in [7, 11) is 0. The van der Waals surface area contributed by atoms with Gasteiger partial charge in [0.05, 0.1) is 6.61 Å². The van der Waals surface area contributed by atoms with E-state index in [4.69, 9.17) is 15.2 Å². The molecular formula is C20H21ClF4N2O2. The average molecular weight is 433 g/mol. The van der Waals surface area contributed by atoms with Gasteiger partial charge in [-0.1, -0.05) is 30.3 Å². The molecule has 1 heterocycles. The standard InChI is InChI=1S/C20H20F4N2O2.ClH/c1-19(11-27-10-18(25)26-19)15-9-13(6-7-16(15)21)8-14-4-2-3-5-17(14)28-12-20(22,23)24;/h2-7,9H,8,10-12H2,1H3,(H2,25,26);1H/t19-;/m0./s1. The van der Waals surface area contributed by atoms with E-state index in [1.165, 1.54) is 12.1 Å². The van der Waals surface area contributed by atoms with E-state index in [1.807, 2.05) is 0 Å². The molecule has 0 spiro atoms. The van der Waals surface area contributed by atoms with E-state index in [1.54, 1.807) is 37.3 Å². The van der Waals surface area contributed by atoms with E-state index in [0.29, 0.717) is 16.7 Å². The summed E-state index contributed by atoms with van der Waals surface area (Å²) in [5, 5.41) is 0. The smallest absolute Gasteiger partial charge is 0.422 e. The lowest BCUT2D eigenvalue weighted by Gasteiger charge is -2.30. The van der Waals surface area contributed by atoms with Gasteiger partial charge in [0.1, 0.15) is 29.5 Å². The van der Waals surface area contributed by atoms with Crippen molar-refractivity contribution in [2.45, 2.75) is 25.1 Å². The summed E-state index contributed by atoms with van der Waals surface area (Å²) in [6.07, 6.45) is -4.15. The Labute approximate surface area is 172 Å². The summed E-state index contributed by atoms with van der Waals surface area (Å²) >= 11 is 0.